The van der Waals surface area contributed by atoms with Gasteiger partial charge in [0.1, 0.15) is 0 Å². The Hall–Kier alpha value is -2.96. The van der Waals surface area contributed by atoms with E-state index < -0.39 is 23.5 Å². The lowest BCUT2D eigenvalue weighted by molar-refractivity contribution is -0.117. The molecule has 6 nitrogen and oxygen atoms in total. The van der Waals surface area contributed by atoms with Gasteiger partial charge in [-0.25, -0.2) is 5.43 Å². The monoisotopic (exact) mass is 388 g/mol. The molecule has 0 radical (unpaired) electrons. The lowest BCUT2D eigenvalue weighted by Crippen LogP contribution is -2.53. The summed E-state index contributed by atoms with van der Waals surface area (Å²) in [6.07, 6.45) is 1.14. The zero-order chi connectivity index (χ0) is 20.1. The van der Waals surface area contributed by atoms with Crippen LogP contribution in [0, 0.1) is 17.8 Å². The number of ketones is 4. The summed E-state index contributed by atoms with van der Waals surface area (Å²) in [7, 11) is 0. The van der Waals surface area contributed by atoms with Crippen molar-refractivity contribution >= 4 is 23.1 Å². The van der Waals surface area contributed by atoms with Gasteiger partial charge >= 0.3 is 0 Å². The summed E-state index contributed by atoms with van der Waals surface area (Å²) in [5, 5.41) is 0. The average Bonchev–Trinajstić information content (AvgIpc) is 3.20. The van der Waals surface area contributed by atoms with Crippen molar-refractivity contribution < 1.29 is 19.2 Å². The largest absolute Gasteiger partial charge is 0.294 e. The summed E-state index contributed by atoms with van der Waals surface area (Å²) in [6, 6.07) is 14.4. The Morgan fingerprint density at radius 2 is 1.45 bits per heavy atom. The van der Waals surface area contributed by atoms with Gasteiger partial charge in [0.05, 0.1) is 6.04 Å². The minimum Gasteiger partial charge on any atom is -0.294 e. The molecular weight excluding hydrogens is 368 g/mol. The van der Waals surface area contributed by atoms with Crippen molar-refractivity contribution in [2.75, 3.05) is 0 Å². The van der Waals surface area contributed by atoms with Gasteiger partial charge in [-0.15, -0.1) is 0 Å². The van der Waals surface area contributed by atoms with Crippen LogP contribution in [0.15, 0.2) is 54.6 Å². The van der Waals surface area contributed by atoms with Crippen LogP contribution >= 0.6 is 0 Å². The molecule has 6 heteroatoms. The van der Waals surface area contributed by atoms with E-state index >= 15 is 0 Å². The molecule has 0 bridgehead atoms. The first-order chi connectivity index (χ1) is 14.1. The highest BCUT2D eigenvalue weighted by Crippen LogP contribution is 2.44. The molecule has 5 atom stereocenters. The van der Waals surface area contributed by atoms with Crippen molar-refractivity contribution in [1.29, 1.82) is 0 Å². The average molecular weight is 388 g/mol. The van der Waals surface area contributed by atoms with Crippen LogP contribution in [-0.2, 0) is 4.79 Å². The SMILES string of the molecule is O=C(C(=O)C1NNC2C1CCC1C(=O)c3ccccc3C(=O)C12)c1ccccc1. The van der Waals surface area contributed by atoms with E-state index in [2.05, 4.69) is 10.9 Å². The molecule has 2 aromatic rings. The summed E-state index contributed by atoms with van der Waals surface area (Å²) in [4.78, 5) is 51.7. The first kappa shape index (κ1) is 18.1. The lowest BCUT2D eigenvalue weighted by atomic mass is 9.61. The van der Waals surface area contributed by atoms with Gasteiger partial charge < -0.3 is 0 Å². The van der Waals surface area contributed by atoms with Gasteiger partial charge in [0, 0.05) is 40.5 Å². The third-order valence-electron chi connectivity index (χ3n) is 6.57. The van der Waals surface area contributed by atoms with Crippen LogP contribution in [0.25, 0.3) is 0 Å². The fourth-order valence-corrected chi connectivity index (χ4v) is 5.18. The van der Waals surface area contributed by atoms with Crippen LogP contribution in [0.2, 0.25) is 0 Å². The van der Waals surface area contributed by atoms with E-state index in [-0.39, 0.29) is 29.4 Å². The molecule has 2 fully saturated rings. The molecule has 3 aliphatic rings. The van der Waals surface area contributed by atoms with Crippen LogP contribution in [0.5, 0.6) is 0 Å². The molecule has 1 saturated carbocycles. The second kappa shape index (κ2) is 6.83. The third kappa shape index (κ3) is 2.71. The predicted molar refractivity (Wildman–Crippen MR) is 104 cm³/mol. The Kier molecular flexibility index (Phi) is 4.26. The van der Waals surface area contributed by atoms with E-state index in [1.54, 1.807) is 54.6 Å². The van der Waals surface area contributed by atoms with Crippen molar-refractivity contribution in [3.8, 4) is 0 Å². The lowest BCUT2D eigenvalue weighted by Gasteiger charge is -2.41. The second-order valence-corrected chi connectivity index (χ2v) is 8.00. The van der Waals surface area contributed by atoms with Crippen molar-refractivity contribution in [1.82, 2.24) is 10.9 Å². The standard InChI is InChI=1S/C23H20N2O4/c26-20(12-6-2-1-3-7-12)23(29)19-16-11-10-15-17(18(16)24-25-19)22(28)14-9-5-4-8-13(14)21(15)27/h1-9,15-19,24-25H,10-11H2. The fraction of sp³-hybridized carbons (Fsp3) is 0.304. The van der Waals surface area contributed by atoms with Crippen LogP contribution < -0.4 is 10.9 Å². The first-order valence-electron chi connectivity index (χ1n) is 9.90. The zero-order valence-electron chi connectivity index (χ0n) is 15.6. The number of carbonyl (C=O) groups is 4. The number of Topliss-reactive ketones (excluding diaryl/α,β-unsaturated/α-hetero) is 4. The van der Waals surface area contributed by atoms with Crippen molar-refractivity contribution in [2.24, 2.45) is 17.8 Å². The van der Waals surface area contributed by atoms with Gasteiger partial charge in [-0.3, -0.25) is 24.6 Å². The summed E-state index contributed by atoms with van der Waals surface area (Å²) in [5.41, 5.74) is 7.34. The topological polar surface area (TPSA) is 92.3 Å². The Balaban J connectivity index is 1.43. The molecule has 0 spiro atoms. The van der Waals surface area contributed by atoms with Crippen LogP contribution in [0.4, 0.5) is 0 Å². The molecule has 1 saturated heterocycles. The van der Waals surface area contributed by atoms with Crippen LogP contribution in [0.1, 0.15) is 43.9 Å². The number of hydrogen-bond acceptors (Lipinski definition) is 6. The summed E-state index contributed by atoms with van der Waals surface area (Å²) < 4.78 is 0. The number of nitrogens with one attached hydrogen (secondary N) is 2. The molecular formula is C23H20N2O4. The van der Waals surface area contributed by atoms with Crippen LogP contribution in [0.3, 0.4) is 0 Å². The molecule has 2 aliphatic carbocycles. The molecule has 5 rings (SSSR count). The predicted octanol–water partition coefficient (Wildman–Crippen LogP) is 2.00. The highest BCUT2D eigenvalue weighted by atomic mass is 16.2. The van der Waals surface area contributed by atoms with Gasteiger partial charge in [0.25, 0.3) is 0 Å². The number of rotatable bonds is 3. The van der Waals surface area contributed by atoms with E-state index in [0.29, 0.717) is 29.5 Å². The molecule has 1 heterocycles. The van der Waals surface area contributed by atoms with Crippen molar-refractivity contribution in [2.45, 2.75) is 24.9 Å². The molecule has 5 unspecified atom stereocenters. The molecule has 2 N–H and O–H groups in total. The van der Waals surface area contributed by atoms with E-state index in [4.69, 9.17) is 0 Å². The molecule has 2 aromatic carbocycles. The highest BCUT2D eigenvalue weighted by Gasteiger charge is 2.55. The maximum absolute atomic E-state index is 13.2. The van der Waals surface area contributed by atoms with E-state index in [9.17, 15) is 19.2 Å². The van der Waals surface area contributed by atoms with Crippen LogP contribution in [-0.4, -0.2) is 35.2 Å². The highest BCUT2D eigenvalue weighted by molar-refractivity contribution is 6.45. The second-order valence-electron chi connectivity index (χ2n) is 8.00. The number of benzene rings is 2. The van der Waals surface area contributed by atoms with E-state index in [1.807, 2.05) is 0 Å². The summed E-state index contributed by atoms with van der Waals surface area (Å²) >= 11 is 0. The Morgan fingerprint density at radius 3 is 2.17 bits per heavy atom. The molecule has 146 valence electrons. The summed E-state index contributed by atoms with van der Waals surface area (Å²) in [6.45, 7) is 0. The van der Waals surface area contributed by atoms with Crippen molar-refractivity contribution in [3.05, 3.63) is 71.3 Å². The van der Waals surface area contributed by atoms with E-state index in [0.717, 1.165) is 0 Å². The fourth-order valence-electron chi connectivity index (χ4n) is 5.18. The maximum atomic E-state index is 13.2. The van der Waals surface area contributed by atoms with Gasteiger partial charge in [-0.1, -0.05) is 54.6 Å². The Labute approximate surface area is 167 Å². The van der Waals surface area contributed by atoms with Gasteiger partial charge in [-0.05, 0) is 12.8 Å². The number of fused-ring (bicyclic) bond motifs is 4. The Bertz CT molecular complexity index is 1030. The summed E-state index contributed by atoms with van der Waals surface area (Å²) in [5.74, 6) is -2.22. The minimum absolute atomic E-state index is 0.000545. The van der Waals surface area contributed by atoms with Gasteiger partial charge in [0.15, 0.2) is 11.6 Å². The molecule has 1 aliphatic heterocycles. The first-order valence-corrected chi connectivity index (χ1v) is 9.90. The third-order valence-corrected chi connectivity index (χ3v) is 6.57. The maximum Gasteiger partial charge on any atom is 0.230 e. The normalized spacial score (nSPS) is 30.3. The van der Waals surface area contributed by atoms with E-state index in [1.165, 1.54) is 0 Å². The molecule has 0 aromatic heterocycles. The smallest absolute Gasteiger partial charge is 0.230 e. The number of hydrogen-bond donors (Lipinski definition) is 2. The quantitative estimate of drug-likeness (QED) is 0.617. The number of hydrazine groups is 1. The minimum atomic E-state index is -0.700. The molecule has 0 amide bonds. The van der Waals surface area contributed by atoms with Gasteiger partial charge in [0.2, 0.25) is 11.6 Å². The molecule has 29 heavy (non-hydrogen) atoms. The Morgan fingerprint density at radius 1 is 0.793 bits per heavy atom. The zero-order valence-corrected chi connectivity index (χ0v) is 15.6. The number of carbonyl (C=O) groups excluding carboxylic acids is 4. The van der Waals surface area contributed by atoms with Gasteiger partial charge in [-0.2, -0.15) is 0 Å². The van der Waals surface area contributed by atoms with Crippen molar-refractivity contribution in [3.63, 3.8) is 0 Å².